The van der Waals surface area contributed by atoms with E-state index in [9.17, 15) is 14.0 Å². The summed E-state index contributed by atoms with van der Waals surface area (Å²) in [5, 5.41) is 12.1. The van der Waals surface area contributed by atoms with E-state index in [2.05, 4.69) is 15.3 Å². The number of rotatable bonds is 8. The van der Waals surface area contributed by atoms with Crippen molar-refractivity contribution >= 4 is 23.1 Å². The van der Waals surface area contributed by atoms with E-state index in [1.807, 2.05) is 20.8 Å². The van der Waals surface area contributed by atoms with Crippen LogP contribution in [0.5, 0.6) is 5.88 Å². The van der Waals surface area contributed by atoms with E-state index in [1.165, 1.54) is 6.20 Å². The van der Waals surface area contributed by atoms with Gasteiger partial charge in [-0.05, 0) is 71.8 Å². The number of alkyl carbamates (subject to hydrolysis) is 1. The van der Waals surface area contributed by atoms with Gasteiger partial charge in [0.1, 0.15) is 11.4 Å². The highest BCUT2D eigenvalue weighted by Gasteiger charge is 2.50. The number of ether oxygens (including phenoxy) is 3. The molecule has 2 saturated heterocycles. The summed E-state index contributed by atoms with van der Waals surface area (Å²) in [6, 6.07) is 3.42. The van der Waals surface area contributed by atoms with Crippen LogP contribution in [0.3, 0.4) is 0 Å². The molecule has 0 spiro atoms. The van der Waals surface area contributed by atoms with Crippen LogP contribution in [0.4, 0.5) is 9.18 Å². The standard InChI is InChI=1S/C27H34FN3O6/c1-25(2,3)37-24(34)31-26-8-10-27(11-9-26,36-15-26)7-6-17-19(28)13-29-20-4-5-21(30-22(17)20)35-14-16-12-18(16)23(32)33/h4-5,13,16,18H,6-12,14-15H2,1-3H3,(H,31,34)(H,32,33). The Morgan fingerprint density at radius 2 is 2.00 bits per heavy atom. The van der Waals surface area contributed by atoms with Gasteiger partial charge in [0, 0.05) is 17.5 Å². The first-order valence-corrected chi connectivity index (χ1v) is 12.9. The van der Waals surface area contributed by atoms with Gasteiger partial charge >= 0.3 is 12.1 Å². The minimum absolute atomic E-state index is 0.0223. The summed E-state index contributed by atoms with van der Waals surface area (Å²) in [6.45, 7) is 6.17. The van der Waals surface area contributed by atoms with E-state index in [1.54, 1.807) is 12.1 Å². The fraction of sp³-hybridized carbons (Fsp3) is 0.630. The maximum atomic E-state index is 14.9. The van der Waals surface area contributed by atoms with Crippen molar-refractivity contribution in [3.05, 3.63) is 29.7 Å². The third-order valence-corrected chi connectivity index (χ3v) is 7.79. The summed E-state index contributed by atoms with van der Waals surface area (Å²) < 4.78 is 32.4. The molecule has 2 aromatic rings. The highest BCUT2D eigenvalue weighted by atomic mass is 19.1. The van der Waals surface area contributed by atoms with Gasteiger partial charge in [0.15, 0.2) is 0 Å². The fourth-order valence-corrected chi connectivity index (χ4v) is 5.44. The van der Waals surface area contributed by atoms with Crippen molar-refractivity contribution in [2.75, 3.05) is 13.2 Å². The molecular formula is C27H34FN3O6. The quantitative estimate of drug-likeness (QED) is 0.531. The second kappa shape index (κ2) is 9.38. The van der Waals surface area contributed by atoms with Gasteiger partial charge in [-0.15, -0.1) is 0 Å². The van der Waals surface area contributed by atoms with Crippen molar-refractivity contribution in [2.24, 2.45) is 11.8 Å². The Labute approximate surface area is 215 Å². The van der Waals surface area contributed by atoms with Crippen molar-refractivity contribution in [1.82, 2.24) is 15.3 Å². The second-order valence-corrected chi connectivity index (χ2v) is 11.7. The number of carboxylic acid groups (broad SMARTS) is 1. The molecule has 2 bridgehead atoms. The molecule has 4 fully saturated rings. The van der Waals surface area contributed by atoms with Gasteiger partial charge < -0.3 is 24.6 Å². The summed E-state index contributed by atoms with van der Waals surface area (Å²) in [5.41, 5.74) is 0.137. The third kappa shape index (κ3) is 5.63. The molecule has 2 unspecified atom stereocenters. The molecule has 200 valence electrons. The summed E-state index contributed by atoms with van der Waals surface area (Å²) >= 11 is 0. The molecule has 2 aromatic heterocycles. The average Bonchev–Trinajstić information content (AvgIpc) is 3.62. The van der Waals surface area contributed by atoms with Crippen molar-refractivity contribution in [3.8, 4) is 5.88 Å². The Hall–Kier alpha value is -3.01. The van der Waals surface area contributed by atoms with Gasteiger partial charge in [-0.2, -0.15) is 0 Å². The molecule has 37 heavy (non-hydrogen) atoms. The minimum atomic E-state index is -0.807. The Kier molecular flexibility index (Phi) is 6.50. The monoisotopic (exact) mass is 515 g/mol. The van der Waals surface area contributed by atoms with Crippen LogP contribution in [0.25, 0.3) is 11.0 Å². The number of nitrogens with zero attached hydrogens (tertiary/aromatic N) is 2. The number of amides is 1. The van der Waals surface area contributed by atoms with E-state index < -0.39 is 29.0 Å². The lowest BCUT2D eigenvalue weighted by Gasteiger charge is -2.53. The molecular weight excluding hydrogens is 481 g/mol. The number of carbonyl (C=O) groups excluding carboxylic acids is 1. The number of carboxylic acids is 1. The topological polar surface area (TPSA) is 120 Å². The molecule has 9 nitrogen and oxygen atoms in total. The van der Waals surface area contributed by atoms with Gasteiger partial charge in [-0.1, -0.05) is 0 Å². The van der Waals surface area contributed by atoms with Crippen molar-refractivity contribution in [2.45, 2.75) is 82.5 Å². The predicted molar refractivity (Wildman–Crippen MR) is 132 cm³/mol. The van der Waals surface area contributed by atoms with Crippen LogP contribution in [-0.4, -0.2) is 57.1 Å². The number of aromatic nitrogens is 2. The largest absolute Gasteiger partial charge is 0.481 e. The Morgan fingerprint density at radius 3 is 2.62 bits per heavy atom. The van der Waals surface area contributed by atoms with E-state index in [0.717, 1.165) is 25.7 Å². The molecule has 2 aliphatic carbocycles. The number of hydrogen-bond donors (Lipinski definition) is 2. The van der Waals surface area contributed by atoms with Crippen LogP contribution in [0.2, 0.25) is 0 Å². The fourth-order valence-electron chi connectivity index (χ4n) is 5.44. The van der Waals surface area contributed by atoms with Crippen LogP contribution >= 0.6 is 0 Å². The maximum absolute atomic E-state index is 14.9. The third-order valence-electron chi connectivity index (χ3n) is 7.79. The molecule has 1 amide bonds. The smallest absolute Gasteiger partial charge is 0.408 e. The first-order chi connectivity index (χ1) is 17.5. The lowest BCUT2D eigenvalue weighted by Crippen LogP contribution is -2.63. The molecule has 4 aliphatic rings. The SMILES string of the molecule is CC(C)(C)OC(=O)NC12CCC(CCc3c(F)cnc4ccc(OCC5CC5C(=O)O)nc34)(CC1)OC2. The van der Waals surface area contributed by atoms with Crippen LogP contribution in [0, 0.1) is 17.7 Å². The van der Waals surface area contributed by atoms with E-state index >= 15 is 0 Å². The zero-order valence-corrected chi connectivity index (χ0v) is 21.5. The number of nitrogens with one attached hydrogen (secondary N) is 1. The molecule has 2 aliphatic heterocycles. The molecule has 2 saturated carbocycles. The first kappa shape index (κ1) is 25.6. The molecule has 6 rings (SSSR count). The van der Waals surface area contributed by atoms with Gasteiger partial charge in [-0.25, -0.2) is 14.2 Å². The Bertz CT molecular complexity index is 1190. The van der Waals surface area contributed by atoms with Crippen molar-refractivity contribution < 1.29 is 33.3 Å². The van der Waals surface area contributed by atoms with E-state index in [-0.39, 0.29) is 24.0 Å². The summed E-state index contributed by atoms with van der Waals surface area (Å²) in [6.07, 6.45) is 5.53. The minimum Gasteiger partial charge on any atom is -0.481 e. The highest BCUT2D eigenvalue weighted by molar-refractivity contribution is 5.78. The number of carbonyl (C=O) groups is 2. The molecule has 2 N–H and O–H groups in total. The number of aliphatic carboxylic acids is 1. The van der Waals surface area contributed by atoms with E-state index in [4.69, 9.17) is 19.3 Å². The molecule has 4 heterocycles. The molecule has 0 aromatic carbocycles. The molecule has 2 atom stereocenters. The van der Waals surface area contributed by atoms with Gasteiger partial charge in [0.05, 0.1) is 47.5 Å². The Morgan fingerprint density at radius 1 is 1.24 bits per heavy atom. The van der Waals surface area contributed by atoms with Crippen molar-refractivity contribution in [1.29, 1.82) is 0 Å². The lowest BCUT2D eigenvalue weighted by atomic mass is 9.69. The zero-order valence-electron chi connectivity index (χ0n) is 21.5. The van der Waals surface area contributed by atoms with Gasteiger partial charge in [-0.3, -0.25) is 9.78 Å². The first-order valence-electron chi connectivity index (χ1n) is 12.9. The van der Waals surface area contributed by atoms with Crippen LogP contribution < -0.4 is 10.1 Å². The highest BCUT2D eigenvalue weighted by Crippen LogP contribution is 2.46. The summed E-state index contributed by atoms with van der Waals surface area (Å²) in [7, 11) is 0. The maximum Gasteiger partial charge on any atom is 0.408 e. The lowest BCUT2D eigenvalue weighted by molar-refractivity contribution is -0.163. The van der Waals surface area contributed by atoms with E-state index in [0.29, 0.717) is 48.3 Å². The number of pyridine rings is 2. The average molecular weight is 516 g/mol. The van der Waals surface area contributed by atoms with Gasteiger partial charge in [0.25, 0.3) is 0 Å². The number of halogens is 1. The molecule has 10 heteroatoms. The number of hydrogen-bond acceptors (Lipinski definition) is 7. The molecule has 0 radical (unpaired) electrons. The van der Waals surface area contributed by atoms with Crippen LogP contribution in [0.1, 0.15) is 64.9 Å². The summed E-state index contributed by atoms with van der Waals surface area (Å²) in [4.78, 5) is 32.1. The summed E-state index contributed by atoms with van der Waals surface area (Å²) in [5.74, 6) is -1.28. The number of fused-ring (bicyclic) bond motifs is 4. The normalized spacial score (nSPS) is 28.6. The number of aryl methyl sites for hydroxylation is 1. The Balaban J connectivity index is 1.23. The predicted octanol–water partition coefficient (Wildman–Crippen LogP) is 4.41. The van der Waals surface area contributed by atoms with Crippen molar-refractivity contribution in [3.63, 3.8) is 0 Å². The van der Waals surface area contributed by atoms with Crippen LogP contribution in [-0.2, 0) is 20.7 Å². The second-order valence-electron chi connectivity index (χ2n) is 11.7. The van der Waals surface area contributed by atoms with Crippen LogP contribution in [0.15, 0.2) is 18.3 Å². The van der Waals surface area contributed by atoms with Gasteiger partial charge in [0.2, 0.25) is 5.88 Å². The zero-order chi connectivity index (χ0) is 26.4.